The van der Waals surface area contributed by atoms with Crippen LogP contribution in [0.25, 0.3) is 0 Å². The fourth-order valence-corrected chi connectivity index (χ4v) is 4.42. The number of nitrogens with one attached hydrogen (secondary N) is 2. The van der Waals surface area contributed by atoms with Crippen LogP contribution in [-0.4, -0.2) is 72.6 Å². The Hall–Kier alpha value is -1.66. The lowest BCUT2D eigenvalue weighted by molar-refractivity contribution is 0.188. The van der Waals surface area contributed by atoms with Gasteiger partial charge >= 0.3 is 0 Å². The van der Waals surface area contributed by atoms with Crippen molar-refractivity contribution in [3.63, 3.8) is 0 Å². The number of aromatic nitrogens is 1. The summed E-state index contributed by atoms with van der Waals surface area (Å²) < 4.78 is 0. The average molecular weight is 401 g/mol. The summed E-state index contributed by atoms with van der Waals surface area (Å²) in [7, 11) is 0. The molecular formula is C23H40N6. The first-order valence-electron chi connectivity index (χ1n) is 11.7. The third-order valence-corrected chi connectivity index (χ3v) is 6.35. The molecule has 162 valence electrons. The zero-order valence-corrected chi connectivity index (χ0v) is 18.4. The molecule has 1 aromatic rings. The predicted octanol–water partition coefficient (Wildman–Crippen LogP) is 2.72. The van der Waals surface area contributed by atoms with Crippen molar-refractivity contribution < 1.29 is 0 Å². The molecule has 2 aliphatic rings. The van der Waals surface area contributed by atoms with Crippen molar-refractivity contribution in [3.05, 3.63) is 30.1 Å². The smallest absolute Gasteiger partial charge is 0.191 e. The Bertz CT molecular complexity index is 589. The van der Waals surface area contributed by atoms with Gasteiger partial charge in [0.25, 0.3) is 0 Å². The highest BCUT2D eigenvalue weighted by Gasteiger charge is 2.21. The molecule has 0 bridgehead atoms. The van der Waals surface area contributed by atoms with E-state index in [2.05, 4.69) is 51.4 Å². The van der Waals surface area contributed by atoms with E-state index in [-0.39, 0.29) is 0 Å². The first kappa shape index (κ1) is 22.0. The lowest BCUT2D eigenvalue weighted by Crippen LogP contribution is -2.48. The summed E-state index contributed by atoms with van der Waals surface area (Å²) in [5.74, 6) is 1.85. The van der Waals surface area contributed by atoms with Crippen LogP contribution in [0.3, 0.4) is 0 Å². The zero-order chi connectivity index (χ0) is 20.3. The molecule has 0 spiro atoms. The molecule has 0 unspecified atom stereocenters. The Balaban J connectivity index is 1.38. The number of likely N-dealkylation sites (tertiary alicyclic amines) is 2. The van der Waals surface area contributed by atoms with Gasteiger partial charge in [0.15, 0.2) is 5.96 Å². The second-order valence-corrected chi connectivity index (χ2v) is 8.44. The summed E-state index contributed by atoms with van der Waals surface area (Å²) in [6.45, 7) is 13.2. The van der Waals surface area contributed by atoms with Crippen molar-refractivity contribution in [2.24, 2.45) is 10.9 Å². The topological polar surface area (TPSA) is 55.8 Å². The van der Waals surface area contributed by atoms with Crippen LogP contribution in [0.5, 0.6) is 0 Å². The number of rotatable bonds is 8. The van der Waals surface area contributed by atoms with E-state index in [9.17, 15) is 0 Å². The minimum atomic E-state index is 0.514. The van der Waals surface area contributed by atoms with Crippen molar-refractivity contribution in [2.45, 2.75) is 58.5 Å². The third kappa shape index (κ3) is 7.59. The van der Waals surface area contributed by atoms with E-state index in [0.29, 0.717) is 6.04 Å². The number of hydrogen-bond donors (Lipinski definition) is 2. The summed E-state index contributed by atoms with van der Waals surface area (Å²) in [4.78, 5) is 14.4. The zero-order valence-electron chi connectivity index (χ0n) is 18.4. The predicted molar refractivity (Wildman–Crippen MR) is 121 cm³/mol. The quantitative estimate of drug-likeness (QED) is 0.519. The highest BCUT2D eigenvalue weighted by Crippen LogP contribution is 2.20. The summed E-state index contributed by atoms with van der Waals surface area (Å²) in [6, 6.07) is 6.69. The Morgan fingerprint density at radius 2 is 1.83 bits per heavy atom. The SMILES string of the molecule is CCNC(=NCCC1CCN(CC)CC1)NC1CCN(Cc2ccccn2)CC1. The van der Waals surface area contributed by atoms with E-state index in [1.807, 2.05) is 12.3 Å². The van der Waals surface area contributed by atoms with Crippen LogP contribution in [0.2, 0.25) is 0 Å². The van der Waals surface area contributed by atoms with Gasteiger partial charge in [-0.05, 0) is 76.7 Å². The summed E-state index contributed by atoms with van der Waals surface area (Å²) in [5, 5.41) is 7.13. The van der Waals surface area contributed by atoms with E-state index in [4.69, 9.17) is 4.99 Å². The van der Waals surface area contributed by atoms with Gasteiger partial charge in [0, 0.05) is 45.0 Å². The van der Waals surface area contributed by atoms with Gasteiger partial charge in [0.05, 0.1) is 5.69 Å². The third-order valence-electron chi connectivity index (χ3n) is 6.35. The van der Waals surface area contributed by atoms with E-state index < -0.39 is 0 Å². The van der Waals surface area contributed by atoms with E-state index in [1.54, 1.807) is 0 Å². The van der Waals surface area contributed by atoms with E-state index in [1.165, 1.54) is 44.6 Å². The highest BCUT2D eigenvalue weighted by molar-refractivity contribution is 5.80. The largest absolute Gasteiger partial charge is 0.357 e. The van der Waals surface area contributed by atoms with Crippen LogP contribution < -0.4 is 10.6 Å². The van der Waals surface area contributed by atoms with Crippen LogP contribution in [0.15, 0.2) is 29.4 Å². The molecule has 2 saturated heterocycles. The molecule has 0 atom stereocenters. The summed E-state index contributed by atoms with van der Waals surface area (Å²) in [6.07, 6.45) is 8.09. The molecule has 6 nitrogen and oxygen atoms in total. The lowest BCUT2D eigenvalue weighted by atomic mass is 9.94. The van der Waals surface area contributed by atoms with Gasteiger partial charge in [-0.1, -0.05) is 13.0 Å². The number of guanidine groups is 1. The molecule has 6 heteroatoms. The molecule has 3 heterocycles. The van der Waals surface area contributed by atoms with Crippen LogP contribution in [0.4, 0.5) is 0 Å². The minimum absolute atomic E-state index is 0.514. The molecule has 29 heavy (non-hydrogen) atoms. The van der Waals surface area contributed by atoms with Crippen LogP contribution in [0.1, 0.15) is 51.6 Å². The summed E-state index contributed by atoms with van der Waals surface area (Å²) >= 11 is 0. The Kier molecular flexibility index (Phi) is 9.22. The minimum Gasteiger partial charge on any atom is -0.357 e. The first-order valence-corrected chi connectivity index (χ1v) is 11.7. The molecule has 0 aromatic carbocycles. The second kappa shape index (κ2) is 12.1. The van der Waals surface area contributed by atoms with Crippen molar-refractivity contribution in [1.29, 1.82) is 0 Å². The van der Waals surface area contributed by atoms with Crippen LogP contribution in [0, 0.1) is 5.92 Å². The summed E-state index contributed by atoms with van der Waals surface area (Å²) in [5.41, 5.74) is 1.17. The molecule has 3 rings (SSSR count). The van der Waals surface area contributed by atoms with Crippen LogP contribution in [-0.2, 0) is 6.54 Å². The monoisotopic (exact) mass is 400 g/mol. The number of pyridine rings is 1. The molecule has 0 radical (unpaired) electrons. The Labute approximate surface area is 177 Å². The molecule has 2 aliphatic heterocycles. The number of piperidine rings is 2. The molecule has 2 N–H and O–H groups in total. The molecule has 1 aromatic heterocycles. The lowest BCUT2D eigenvalue weighted by Gasteiger charge is -2.33. The molecule has 0 amide bonds. The molecule has 0 aliphatic carbocycles. The van der Waals surface area contributed by atoms with Gasteiger partial charge in [0.1, 0.15) is 0 Å². The molecule has 2 fully saturated rings. The average Bonchev–Trinajstić information content (AvgIpc) is 2.76. The highest BCUT2D eigenvalue weighted by atomic mass is 15.2. The standard InChI is InChI=1S/C23H40N6/c1-3-24-23(26-14-8-20-9-15-28(4-2)16-10-20)27-21-11-17-29(18-12-21)19-22-7-5-6-13-25-22/h5-7,13,20-21H,3-4,8-12,14-19H2,1-2H3,(H2,24,26,27). The maximum Gasteiger partial charge on any atom is 0.191 e. The molecular weight excluding hydrogens is 360 g/mol. The number of nitrogens with zero attached hydrogens (tertiary/aromatic N) is 4. The van der Waals surface area contributed by atoms with Crippen LogP contribution >= 0.6 is 0 Å². The van der Waals surface area contributed by atoms with Crippen molar-refractivity contribution in [1.82, 2.24) is 25.4 Å². The maximum atomic E-state index is 4.88. The van der Waals surface area contributed by atoms with Gasteiger partial charge in [-0.25, -0.2) is 0 Å². The van der Waals surface area contributed by atoms with Gasteiger partial charge in [-0.15, -0.1) is 0 Å². The Morgan fingerprint density at radius 1 is 1.07 bits per heavy atom. The fraction of sp³-hybridized carbons (Fsp3) is 0.739. The fourth-order valence-electron chi connectivity index (χ4n) is 4.42. The Morgan fingerprint density at radius 3 is 2.48 bits per heavy atom. The molecule has 0 saturated carbocycles. The van der Waals surface area contributed by atoms with Gasteiger partial charge in [-0.3, -0.25) is 14.9 Å². The second-order valence-electron chi connectivity index (χ2n) is 8.44. The number of hydrogen-bond acceptors (Lipinski definition) is 4. The van der Waals surface area contributed by atoms with Gasteiger partial charge in [-0.2, -0.15) is 0 Å². The van der Waals surface area contributed by atoms with Gasteiger partial charge in [0.2, 0.25) is 0 Å². The van der Waals surface area contributed by atoms with E-state index >= 15 is 0 Å². The number of aliphatic imine (C=N–C) groups is 1. The van der Waals surface area contributed by atoms with Crippen molar-refractivity contribution in [3.8, 4) is 0 Å². The van der Waals surface area contributed by atoms with Gasteiger partial charge < -0.3 is 15.5 Å². The van der Waals surface area contributed by atoms with Crippen molar-refractivity contribution in [2.75, 3.05) is 45.8 Å². The normalized spacial score (nSPS) is 20.7. The first-order chi connectivity index (χ1) is 14.3. The maximum absolute atomic E-state index is 4.88. The van der Waals surface area contributed by atoms with E-state index in [0.717, 1.165) is 57.4 Å². The van der Waals surface area contributed by atoms with Crippen molar-refractivity contribution >= 4 is 5.96 Å².